The molecule has 0 aromatic carbocycles. The Balaban J connectivity index is 1.56. The second kappa shape index (κ2) is 17.6. The molecule has 49 heavy (non-hydrogen) atoms. The molecule has 4 aliphatic rings. The lowest BCUT2D eigenvalue weighted by atomic mass is 9.76. The molecule has 3 heterocycles. The molecule has 286 valence electrons. The van der Waals surface area contributed by atoms with Crippen LogP contribution in [0, 0.1) is 5.92 Å². The van der Waals surface area contributed by atoms with E-state index >= 15 is 0 Å². The number of rotatable bonds is 14. The summed E-state index contributed by atoms with van der Waals surface area (Å²) < 4.78 is 35.3. The Morgan fingerprint density at radius 1 is 0.735 bits per heavy atom. The van der Waals surface area contributed by atoms with Gasteiger partial charge in [0, 0.05) is 25.6 Å². The third-order valence-corrected chi connectivity index (χ3v) is 9.88. The van der Waals surface area contributed by atoms with Gasteiger partial charge in [0.25, 0.3) is 0 Å². The molecule has 0 bridgehead atoms. The highest BCUT2D eigenvalue weighted by molar-refractivity contribution is 5.83. The summed E-state index contributed by atoms with van der Waals surface area (Å²) in [4.78, 5) is 12.9. The van der Waals surface area contributed by atoms with E-state index in [2.05, 4.69) is 0 Å². The molecular weight excluding hydrogens is 658 g/mol. The zero-order chi connectivity index (χ0) is 36.3. The van der Waals surface area contributed by atoms with E-state index < -0.39 is 141 Å². The first-order valence-corrected chi connectivity index (χ1v) is 16.7. The Morgan fingerprint density at radius 2 is 1.33 bits per heavy atom. The first-order chi connectivity index (χ1) is 23.2. The number of Topliss-reactive ketones (excluding diaryl/α,β-unsaturated/α-hetero) is 1. The van der Waals surface area contributed by atoms with Crippen molar-refractivity contribution in [1.29, 1.82) is 0 Å². The van der Waals surface area contributed by atoms with Gasteiger partial charge in [0.15, 0.2) is 24.7 Å². The van der Waals surface area contributed by atoms with E-state index in [0.717, 1.165) is 0 Å². The summed E-state index contributed by atoms with van der Waals surface area (Å²) in [5, 5.41) is 84.2. The van der Waals surface area contributed by atoms with Crippen LogP contribution in [-0.2, 0) is 33.2 Å². The van der Waals surface area contributed by atoms with Crippen LogP contribution in [-0.4, -0.2) is 183 Å². The molecule has 20 heteroatoms. The molecule has 0 aromatic rings. The van der Waals surface area contributed by atoms with Crippen molar-refractivity contribution in [3.8, 4) is 0 Å². The topological polar surface area (TPSA) is 364 Å². The molecule has 20 nitrogen and oxygen atoms in total. The fourth-order valence-electron chi connectivity index (χ4n) is 6.81. The summed E-state index contributed by atoms with van der Waals surface area (Å²) in [5.41, 5.74) is 30.1. The summed E-state index contributed by atoms with van der Waals surface area (Å²) >= 11 is 0. The van der Waals surface area contributed by atoms with Gasteiger partial charge in [0.05, 0.1) is 43.1 Å². The average Bonchev–Trinajstić information content (AvgIpc) is 3.38. The molecule has 0 aromatic heterocycles. The Labute approximate surface area is 283 Å². The van der Waals surface area contributed by atoms with Crippen molar-refractivity contribution in [3.63, 3.8) is 0 Å². The lowest BCUT2D eigenvalue weighted by Gasteiger charge is -2.47. The fourth-order valence-corrected chi connectivity index (χ4v) is 6.81. The van der Waals surface area contributed by atoms with Crippen LogP contribution in [0.25, 0.3) is 0 Å². The normalized spacial score (nSPS) is 47.6. The van der Waals surface area contributed by atoms with Crippen LogP contribution in [0.5, 0.6) is 0 Å². The summed E-state index contributed by atoms with van der Waals surface area (Å²) in [7, 11) is 0. The number of carbonyl (C=O) groups excluding carboxylic acids is 1. The lowest BCUT2D eigenvalue weighted by molar-refractivity contribution is -0.299. The second-order valence-corrected chi connectivity index (χ2v) is 13.3. The molecule has 20 atom stereocenters. The van der Waals surface area contributed by atoms with Gasteiger partial charge in [-0.2, -0.15) is 0 Å². The van der Waals surface area contributed by atoms with E-state index in [9.17, 15) is 45.6 Å². The van der Waals surface area contributed by atoms with Gasteiger partial charge in [0.2, 0.25) is 0 Å². The molecule has 4 fully saturated rings. The highest BCUT2D eigenvalue weighted by atomic mass is 16.8. The van der Waals surface area contributed by atoms with Crippen molar-refractivity contribution in [1.82, 2.24) is 0 Å². The maximum atomic E-state index is 12.9. The standard InChI is InChI=1S/C29H55N5O15/c1-2-12(36)20(40)14(38)4-9-3-10(32)24(47-27-11(33)5-13(37)15(6-30)44-27)26(19(9)39)49-29-23(43)25(17(8-35)46-29)48-28-18(34)22(42)21(41)16(7-31)45-28/h9-13,15-29,35-37,39-43H,2-8,30-34H2,1H3/t9-,10-,11+,12+,13-,15+,16-,17+,18+,19-,20-,21+,22+,23+,24+,25+,26+,27+,28+,29-/m0/s1. The van der Waals surface area contributed by atoms with Crippen molar-refractivity contribution in [3.05, 3.63) is 0 Å². The third-order valence-electron chi connectivity index (χ3n) is 9.88. The quantitative estimate of drug-likeness (QED) is 0.0794. The Kier molecular flexibility index (Phi) is 14.6. The minimum atomic E-state index is -1.70. The molecule has 0 radical (unpaired) electrons. The van der Waals surface area contributed by atoms with E-state index in [-0.39, 0.29) is 32.4 Å². The van der Waals surface area contributed by atoms with Gasteiger partial charge in [-0.05, 0) is 25.2 Å². The Hall–Kier alpha value is -1.09. The fraction of sp³-hybridized carbons (Fsp3) is 0.966. The number of ketones is 1. The van der Waals surface area contributed by atoms with Crippen molar-refractivity contribution < 1.29 is 74.1 Å². The summed E-state index contributed by atoms with van der Waals surface area (Å²) in [6, 6.07) is -3.08. The monoisotopic (exact) mass is 713 g/mol. The molecule has 4 rings (SSSR count). The number of hydrogen-bond acceptors (Lipinski definition) is 20. The first-order valence-electron chi connectivity index (χ1n) is 16.7. The smallest absolute Gasteiger partial charge is 0.187 e. The molecule has 0 spiro atoms. The van der Waals surface area contributed by atoms with Crippen LogP contribution in [0.2, 0.25) is 0 Å². The SMILES string of the molecule is CC[C@@H](O)[C@H](O)C(=O)C[C@@H]1C[C@H](N)[C@@H](O[C@H]2O[C@H](CN)[C@@H](O)C[C@H]2N)[C@H](O[C@@H]2O[C@H](CO)[C@@H](O[C@H]3O[C@@H](CN)[C@@H](O)[C@H](O)[C@H]3N)[C@H]2O)[C@H]1O. The summed E-state index contributed by atoms with van der Waals surface area (Å²) in [5.74, 6) is -1.65. The zero-order valence-electron chi connectivity index (χ0n) is 27.3. The maximum absolute atomic E-state index is 12.9. The van der Waals surface area contributed by atoms with Gasteiger partial charge in [-0.3, -0.25) is 4.79 Å². The molecule has 3 saturated heterocycles. The van der Waals surface area contributed by atoms with E-state index in [1.54, 1.807) is 6.92 Å². The second-order valence-electron chi connectivity index (χ2n) is 13.3. The van der Waals surface area contributed by atoms with Gasteiger partial charge in [0.1, 0.15) is 54.9 Å². The van der Waals surface area contributed by atoms with Crippen LogP contribution in [0.15, 0.2) is 0 Å². The molecule has 0 unspecified atom stereocenters. The number of nitrogens with two attached hydrogens (primary N) is 5. The van der Waals surface area contributed by atoms with E-state index in [0.29, 0.717) is 0 Å². The van der Waals surface area contributed by atoms with Gasteiger partial charge in [-0.1, -0.05) is 6.92 Å². The van der Waals surface area contributed by atoms with E-state index in [4.69, 9.17) is 57.1 Å². The third kappa shape index (κ3) is 8.93. The number of ether oxygens (including phenoxy) is 6. The Bertz CT molecular complexity index is 1050. The molecule has 1 saturated carbocycles. The lowest BCUT2D eigenvalue weighted by Crippen LogP contribution is -2.64. The van der Waals surface area contributed by atoms with Crippen LogP contribution in [0.3, 0.4) is 0 Å². The highest BCUT2D eigenvalue weighted by Crippen LogP contribution is 2.37. The van der Waals surface area contributed by atoms with Crippen LogP contribution in [0.1, 0.15) is 32.6 Å². The predicted octanol–water partition coefficient (Wildman–Crippen LogP) is -7.49. The minimum absolute atomic E-state index is 0.0102. The number of hydrogen-bond donors (Lipinski definition) is 13. The molecule has 18 N–H and O–H groups in total. The predicted molar refractivity (Wildman–Crippen MR) is 164 cm³/mol. The van der Waals surface area contributed by atoms with Crippen molar-refractivity contribution in [2.45, 2.75) is 149 Å². The minimum Gasteiger partial charge on any atom is -0.394 e. The van der Waals surface area contributed by atoms with Crippen LogP contribution < -0.4 is 28.7 Å². The van der Waals surface area contributed by atoms with E-state index in [1.807, 2.05) is 0 Å². The van der Waals surface area contributed by atoms with Gasteiger partial charge < -0.3 is 97.9 Å². The summed E-state index contributed by atoms with van der Waals surface area (Å²) in [6.45, 7) is 0.655. The maximum Gasteiger partial charge on any atom is 0.187 e. The molecule has 3 aliphatic heterocycles. The van der Waals surface area contributed by atoms with Crippen LogP contribution >= 0.6 is 0 Å². The number of aliphatic hydroxyl groups is 8. The van der Waals surface area contributed by atoms with Crippen LogP contribution in [0.4, 0.5) is 0 Å². The average molecular weight is 714 g/mol. The van der Waals surface area contributed by atoms with Gasteiger partial charge >= 0.3 is 0 Å². The Morgan fingerprint density at radius 3 is 1.94 bits per heavy atom. The van der Waals surface area contributed by atoms with Gasteiger partial charge in [-0.15, -0.1) is 0 Å². The van der Waals surface area contributed by atoms with Gasteiger partial charge in [-0.25, -0.2) is 0 Å². The van der Waals surface area contributed by atoms with Crippen molar-refractivity contribution >= 4 is 5.78 Å². The molecule has 0 amide bonds. The first kappa shape index (κ1) is 40.7. The summed E-state index contributed by atoms with van der Waals surface area (Å²) in [6.07, 6.45) is -21.6. The van der Waals surface area contributed by atoms with Crippen molar-refractivity contribution in [2.24, 2.45) is 34.6 Å². The highest BCUT2D eigenvalue weighted by Gasteiger charge is 2.54. The number of carbonyl (C=O) groups is 1. The van der Waals surface area contributed by atoms with E-state index in [1.165, 1.54) is 0 Å². The molecular formula is C29H55N5O15. The van der Waals surface area contributed by atoms with Crippen molar-refractivity contribution in [2.75, 3.05) is 19.7 Å². The molecule has 1 aliphatic carbocycles. The largest absolute Gasteiger partial charge is 0.394 e. The zero-order valence-corrected chi connectivity index (χ0v) is 27.3. The number of aliphatic hydroxyl groups excluding tert-OH is 8.